The molecule has 0 bridgehead atoms. The zero-order valence-corrected chi connectivity index (χ0v) is 17.8. The molecule has 1 amide bonds. The zero-order valence-electron chi connectivity index (χ0n) is 17.8. The Hall–Kier alpha value is -2.33. The van der Waals surface area contributed by atoms with Gasteiger partial charge >= 0.3 is 0 Å². The van der Waals surface area contributed by atoms with E-state index < -0.39 is 0 Å². The van der Waals surface area contributed by atoms with Gasteiger partial charge in [-0.05, 0) is 69.5 Å². The second-order valence-electron chi connectivity index (χ2n) is 8.16. The Labute approximate surface area is 175 Å². The standard InChI is InChI=1S/C25H34N2O2/c1-21(2)29-24-13-6-11-23(19-24)20-25(28)27-16-8-15-26(17-18-27)14-7-12-22-9-4-3-5-10-22/h3-6,9-11,13,19,21H,7-8,12,14-18,20H2,1-2H3. The Morgan fingerprint density at radius 3 is 2.55 bits per heavy atom. The third-order valence-corrected chi connectivity index (χ3v) is 5.35. The number of aryl methyl sites for hydroxylation is 1. The zero-order chi connectivity index (χ0) is 20.5. The Bertz CT molecular complexity index is 760. The van der Waals surface area contributed by atoms with Crippen molar-refractivity contribution in [3.8, 4) is 5.75 Å². The third-order valence-electron chi connectivity index (χ3n) is 5.35. The molecule has 0 aliphatic carbocycles. The molecule has 2 aromatic carbocycles. The van der Waals surface area contributed by atoms with Crippen LogP contribution in [-0.2, 0) is 17.6 Å². The first-order valence-corrected chi connectivity index (χ1v) is 10.9. The topological polar surface area (TPSA) is 32.8 Å². The lowest BCUT2D eigenvalue weighted by Crippen LogP contribution is -2.36. The van der Waals surface area contributed by atoms with Crippen molar-refractivity contribution in [1.29, 1.82) is 0 Å². The number of hydrogen-bond acceptors (Lipinski definition) is 3. The number of carbonyl (C=O) groups excluding carboxylic acids is 1. The van der Waals surface area contributed by atoms with E-state index in [0.29, 0.717) is 6.42 Å². The molecule has 0 unspecified atom stereocenters. The molecule has 2 aromatic rings. The maximum absolute atomic E-state index is 12.8. The van der Waals surface area contributed by atoms with E-state index in [1.165, 1.54) is 12.0 Å². The number of carbonyl (C=O) groups is 1. The molecule has 0 aromatic heterocycles. The van der Waals surface area contributed by atoms with Gasteiger partial charge in [0.15, 0.2) is 0 Å². The predicted octanol–water partition coefficient (Wildman–Crippen LogP) is 4.18. The van der Waals surface area contributed by atoms with Crippen molar-refractivity contribution in [2.45, 2.75) is 45.6 Å². The highest BCUT2D eigenvalue weighted by Gasteiger charge is 2.19. The summed E-state index contributed by atoms with van der Waals surface area (Å²) >= 11 is 0. The van der Waals surface area contributed by atoms with E-state index in [-0.39, 0.29) is 12.0 Å². The summed E-state index contributed by atoms with van der Waals surface area (Å²) in [6, 6.07) is 18.6. The molecular formula is C25H34N2O2. The van der Waals surface area contributed by atoms with Gasteiger partial charge in [-0.1, -0.05) is 42.5 Å². The molecule has 1 aliphatic rings. The first-order chi connectivity index (χ1) is 14.1. The Kier molecular flexibility index (Phi) is 8.12. The summed E-state index contributed by atoms with van der Waals surface area (Å²) in [4.78, 5) is 17.4. The Balaban J connectivity index is 1.44. The fourth-order valence-corrected chi connectivity index (χ4v) is 3.88. The maximum atomic E-state index is 12.8. The van der Waals surface area contributed by atoms with Gasteiger partial charge in [-0.15, -0.1) is 0 Å². The maximum Gasteiger partial charge on any atom is 0.227 e. The first kappa shape index (κ1) is 21.4. The Morgan fingerprint density at radius 1 is 0.966 bits per heavy atom. The van der Waals surface area contributed by atoms with E-state index in [9.17, 15) is 4.79 Å². The summed E-state index contributed by atoms with van der Waals surface area (Å²) in [7, 11) is 0. The van der Waals surface area contributed by atoms with Crippen molar-refractivity contribution >= 4 is 5.91 Å². The van der Waals surface area contributed by atoms with Crippen LogP contribution in [0.15, 0.2) is 54.6 Å². The molecule has 0 atom stereocenters. The van der Waals surface area contributed by atoms with Gasteiger partial charge in [0, 0.05) is 19.6 Å². The lowest BCUT2D eigenvalue weighted by Gasteiger charge is -2.22. The Morgan fingerprint density at radius 2 is 1.76 bits per heavy atom. The molecule has 29 heavy (non-hydrogen) atoms. The van der Waals surface area contributed by atoms with Gasteiger partial charge in [0.1, 0.15) is 5.75 Å². The van der Waals surface area contributed by atoms with Crippen molar-refractivity contribution < 1.29 is 9.53 Å². The lowest BCUT2D eigenvalue weighted by molar-refractivity contribution is -0.130. The van der Waals surface area contributed by atoms with Gasteiger partial charge in [-0.2, -0.15) is 0 Å². The molecule has 156 valence electrons. The second kappa shape index (κ2) is 11.0. The van der Waals surface area contributed by atoms with Crippen molar-refractivity contribution in [2.24, 2.45) is 0 Å². The average Bonchev–Trinajstić information content (AvgIpc) is 2.94. The monoisotopic (exact) mass is 394 g/mol. The summed E-state index contributed by atoms with van der Waals surface area (Å²) in [5.41, 5.74) is 2.43. The van der Waals surface area contributed by atoms with Crippen molar-refractivity contribution in [1.82, 2.24) is 9.80 Å². The van der Waals surface area contributed by atoms with Crippen molar-refractivity contribution in [2.75, 3.05) is 32.7 Å². The van der Waals surface area contributed by atoms with E-state index in [0.717, 1.165) is 56.9 Å². The van der Waals surface area contributed by atoms with E-state index in [1.807, 2.05) is 43.0 Å². The van der Waals surface area contributed by atoms with Crippen LogP contribution in [0.25, 0.3) is 0 Å². The fraction of sp³-hybridized carbons (Fsp3) is 0.480. The summed E-state index contributed by atoms with van der Waals surface area (Å²) in [6.07, 6.45) is 3.92. The average molecular weight is 395 g/mol. The van der Waals surface area contributed by atoms with Crippen LogP contribution in [0, 0.1) is 0 Å². The van der Waals surface area contributed by atoms with E-state index in [4.69, 9.17) is 4.74 Å². The molecule has 0 saturated carbocycles. The van der Waals surface area contributed by atoms with Crippen LogP contribution in [0.2, 0.25) is 0 Å². The van der Waals surface area contributed by atoms with Crippen molar-refractivity contribution in [3.05, 3.63) is 65.7 Å². The highest BCUT2D eigenvalue weighted by atomic mass is 16.5. The molecule has 0 spiro atoms. The van der Waals surface area contributed by atoms with Crippen LogP contribution in [0.5, 0.6) is 5.75 Å². The summed E-state index contributed by atoms with van der Waals surface area (Å²) in [5.74, 6) is 1.06. The minimum atomic E-state index is 0.138. The van der Waals surface area contributed by atoms with Gasteiger partial charge in [0.25, 0.3) is 0 Å². The van der Waals surface area contributed by atoms with Crippen LogP contribution >= 0.6 is 0 Å². The van der Waals surface area contributed by atoms with Gasteiger partial charge in [-0.3, -0.25) is 4.79 Å². The predicted molar refractivity (Wildman–Crippen MR) is 118 cm³/mol. The summed E-state index contributed by atoms with van der Waals surface area (Å²) in [5, 5.41) is 0. The highest BCUT2D eigenvalue weighted by Crippen LogP contribution is 2.16. The van der Waals surface area contributed by atoms with Crippen LogP contribution in [0.1, 0.15) is 37.8 Å². The largest absolute Gasteiger partial charge is 0.491 e. The molecule has 4 heteroatoms. The van der Waals surface area contributed by atoms with Gasteiger partial charge in [0.05, 0.1) is 12.5 Å². The second-order valence-corrected chi connectivity index (χ2v) is 8.16. The molecule has 0 radical (unpaired) electrons. The number of amides is 1. The smallest absolute Gasteiger partial charge is 0.227 e. The number of hydrogen-bond donors (Lipinski definition) is 0. The van der Waals surface area contributed by atoms with E-state index in [2.05, 4.69) is 35.2 Å². The van der Waals surface area contributed by atoms with Gasteiger partial charge in [-0.25, -0.2) is 0 Å². The fourth-order valence-electron chi connectivity index (χ4n) is 3.88. The van der Waals surface area contributed by atoms with Crippen LogP contribution in [-0.4, -0.2) is 54.5 Å². The van der Waals surface area contributed by atoms with Gasteiger partial charge in [0.2, 0.25) is 5.91 Å². The SMILES string of the molecule is CC(C)Oc1cccc(CC(=O)N2CCCN(CCCc3ccccc3)CC2)c1. The minimum absolute atomic E-state index is 0.138. The van der Waals surface area contributed by atoms with Crippen LogP contribution in [0.3, 0.4) is 0 Å². The summed E-state index contributed by atoms with van der Waals surface area (Å²) in [6.45, 7) is 8.86. The number of rotatable bonds is 8. The minimum Gasteiger partial charge on any atom is -0.491 e. The first-order valence-electron chi connectivity index (χ1n) is 10.9. The third kappa shape index (κ3) is 7.21. The molecule has 1 aliphatic heterocycles. The summed E-state index contributed by atoms with van der Waals surface area (Å²) < 4.78 is 5.75. The number of nitrogens with zero attached hydrogens (tertiary/aromatic N) is 2. The van der Waals surface area contributed by atoms with E-state index >= 15 is 0 Å². The molecule has 1 fully saturated rings. The molecule has 1 heterocycles. The lowest BCUT2D eigenvalue weighted by atomic mass is 10.1. The number of benzene rings is 2. The molecule has 1 saturated heterocycles. The normalized spacial score (nSPS) is 15.3. The number of ether oxygens (including phenoxy) is 1. The van der Waals surface area contributed by atoms with E-state index in [1.54, 1.807) is 0 Å². The van der Waals surface area contributed by atoms with Crippen LogP contribution in [0.4, 0.5) is 0 Å². The van der Waals surface area contributed by atoms with Crippen molar-refractivity contribution in [3.63, 3.8) is 0 Å². The highest BCUT2D eigenvalue weighted by molar-refractivity contribution is 5.79. The van der Waals surface area contributed by atoms with Gasteiger partial charge < -0.3 is 14.5 Å². The molecular weight excluding hydrogens is 360 g/mol. The van der Waals surface area contributed by atoms with Crippen LogP contribution < -0.4 is 4.74 Å². The molecule has 4 nitrogen and oxygen atoms in total. The quantitative estimate of drug-likeness (QED) is 0.673. The molecule has 0 N–H and O–H groups in total. The molecule has 3 rings (SSSR count).